The van der Waals surface area contributed by atoms with E-state index in [0.717, 1.165) is 64.5 Å². The molecule has 3 amide bonds. The SMILES string of the molecule is CC(C)(C)OC(=O)N1CCC(NC(=O)O[C@@H]2CCN(c3cnn(C4CCCCO4)c(=O)c3Cl)C2)CC1.Cl.O=C(NC1CCNCC1)O[C@@H]1CCN(c2cn[nH]c(=O)c2Cl)C1.O=c1c(Cl)c(N2CC[C@@H](O)C2)cnn1C1CCCCO1. The maximum atomic E-state index is 12.8. The Balaban J connectivity index is 0.000000182. The predicted octanol–water partition coefficient (Wildman–Crippen LogP) is 5.37. The number of alkyl carbamates (subject to hydrolysis) is 2. The number of aromatic nitrogens is 6. The van der Waals surface area contributed by atoms with Gasteiger partial charge in [0.05, 0.1) is 54.8 Å². The molecule has 29 heteroatoms. The van der Waals surface area contributed by atoms with Crippen molar-refractivity contribution in [2.24, 2.45) is 0 Å². The molecule has 7 saturated heterocycles. The second-order valence-corrected chi connectivity index (χ2v) is 22.8. The van der Waals surface area contributed by atoms with E-state index in [1.807, 2.05) is 35.5 Å². The van der Waals surface area contributed by atoms with Crippen LogP contribution in [-0.4, -0.2) is 173 Å². The number of carbonyl (C=O) groups excluding carboxylic acids is 3. The molecule has 444 valence electrons. The minimum Gasteiger partial charge on any atom is -0.444 e. The number of aromatic amines is 1. The van der Waals surface area contributed by atoms with E-state index >= 15 is 0 Å². The van der Waals surface area contributed by atoms with Gasteiger partial charge in [0.25, 0.3) is 16.7 Å². The summed E-state index contributed by atoms with van der Waals surface area (Å²) in [5.41, 5.74) is 0.0524. The first kappa shape index (κ1) is 62.5. The monoisotopic (exact) mass is 1200 g/mol. The van der Waals surface area contributed by atoms with Crippen LogP contribution in [0, 0.1) is 0 Å². The molecule has 7 aliphatic heterocycles. The Morgan fingerprint density at radius 3 is 1.57 bits per heavy atom. The number of rotatable bonds is 9. The van der Waals surface area contributed by atoms with Gasteiger partial charge in [-0.3, -0.25) is 14.4 Å². The fourth-order valence-electron chi connectivity index (χ4n) is 10.4. The third-order valence-electron chi connectivity index (χ3n) is 14.6. The lowest BCUT2D eigenvalue weighted by Crippen LogP contribution is -2.48. The first-order chi connectivity index (χ1) is 37.9. The molecule has 3 aromatic rings. The highest BCUT2D eigenvalue weighted by molar-refractivity contribution is 6.33. The topological polar surface area (TPSA) is 282 Å². The second-order valence-electron chi connectivity index (χ2n) is 21.7. The number of anilines is 3. The van der Waals surface area contributed by atoms with E-state index in [4.69, 9.17) is 58.5 Å². The zero-order chi connectivity index (χ0) is 56.2. The van der Waals surface area contributed by atoms with Crippen LogP contribution in [0.25, 0.3) is 0 Å². The molecule has 0 aromatic carbocycles. The van der Waals surface area contributed by atoms with Crippen molar-refractivity contribution in [3.63, 3.8) is 0 Å². The average Bonchev–Trinajstić information content (AvgIpc) is 4.27. The second kappa shape index (κ2) is 29.2. The number of hydrogen-bond acceptors (Lipinski definition) is 19. The van der Waals surface area contributed by atoms with Gasteiger partial charge in [-0.25, -0.2) is 19.5 Å². The summed E-state index contributed by atoms with van der Waals surface area (Å²) in [6.07, 6.45) is 12.5. The molecule has 10 heterocycles. The molecule has 0 saturated carbocycles. The number of likely N-dealkylation sites (tertiary alicyclic amines) is 1. The van der Waals surface area contributed by atoms with E-state index in [-0.39, 0.29) is 93.6 Å². The summed E-state index contributed by atoms with van der Waals surface area (Å²) in [6.45, 7) is 13.0. The van der Waals surface area contributed by atoms with Crippen LogP contribution in [0.5, 0.6) is 0 Å². The molecule has 2 unspecified atom stereocenters. The van der Waals surface area contributed by atoms with Crippen molar-refractivity contribution in [3.05, 3.63) is 64.7 Å². The van der Waals surface area contributed by atoms with Gasteiger partial charge in [0.2, 0.25) is 0 Å². The van der Waals surface area contributed by atoms with Crippen molar-refractivity contribution >= 4 is 82.6 Å². The first-order valence-electron chi connectivity index (χ1n) is 27.5. The van der Waals surface area contributed by atoms with E-state index in [9.17, 15) is 33.9 Å². The van der Waals surface area contributed by atoms with E-state index in [0.29, 0.717) is 115 Å². The van der Waals surface area contributed by atoms with Gasteiger partial charge in [-0.05, 0) is 104 Å². The Kier molecular flexibility index (Phi) is 22.8. The molecule has 7 aliphatic rings. The highest BCUT2D eigenvalue weighted by Gasteiger charge is 2.33. The highest BCUT2D eigenvalue weighted by atomic mass is 35.5. The molecule has 10 rings (SSSR count). The number of nitrogens with one attached hydrogen (secondary N) is 4. The lowest BCUT2D eigenvalue weighted by molar-refractivity contribution is -0.0425. The molecule has 3 aromatic heterocycles. The number of β-amino-alcohol motifs (C(OH)–C–C–N with tert-alkyl or cyclic N) is 1. The molecule has 0 aliphatic carbocycles. The van der Waals surface area contributed by atoms with Gasteiger partial charge in [0.15, 0.2) is 12.5 Å². The Morgan fingerprint density at radius 1 is 0.637 bits per heavy atom. The maximum absolute atomic E-state index is 12.8. The van der Waals surface area contributed by atoms with Crippen LogP contribution in [0.15, 0.2) is 33.0 Å². The lowest BCUT2D eigenvalue weighted by atomic mass is 10.1. The Labute approximate surface area is 484 Å². The summed E-state index contributed by atoms with van der Waals surface area (Å²) in [7, 11) is 0. The quantitative estimate of drug-likeness (QED) is 0.168. The van der Waals surface area contributed by atoms with Gasteiger partial charge in [0, 0.05) is 77.4 Å². The molecule has 0 radical (unpaired) electrons. The summed E-state index contributed by atoms with van der Waals surface area (Å²) >= 11 is 18.6. The van der Waals surface area contributed by atoms with Gasteiger partial charge in [-0.2, -0.15) is 24.7 Å². The van der Waals surface area contributed by atoms with E-state index in [1.54, 1.807) is 17.3 Å². The number of hydrogen-bond donors (Lipinski definition) is 5. The highest BCUT2D eigenvalue weighted by Crippen LogP contribution is 2.31. The Morgan fingerprint density at radius 2 is 1.11 bits per heavy atom. The number of carbonyl (C=O) groups is 3. The van der Waals surface area contributed by atoms with Gasteiger partial charge >= 0.3 is 18.3 Å². The minimum absolute atomic E-state index is 0. The van der Waals surface area contributed by atoms with Crippen molar-refractivity contribution in [2.75, 3.05) is 93.4 Å². The van der Waals surface area contributed by atoms with E-state index in [2.05, 4.69) is 36.3 Å². The zero-order valence-corrected chi connectivity index (χ0v) is 48.5. The molecule has 5 atom stereocenters. The molecule has 0 bridgehead atoms. The number of aliphatic hydroxyl groups excluding tert-OH is 1. The van der Waals surface area contributed by atoms with Gasteiger partial charge < -0.3 is 64.3 Å². The van der Waals surface area contributed by atoms with Gasteiger partial charge in [-0.15, -0.1) is 12.4 Å². The maximum Gasteiger partial charge on any atom is 0.410 e. The van der Waals surface area contributed by atoms with Crippen LogP contribution in [0.3, 0.4) is 0 Å². The Hall–Kier alpha value is -5.15. The average molecular weight is 1200 g/mol. The summed E-state index contributed by atoms with van der Waals surface area (Å²) < 4.78 is 30.4. The van der Waals surface area contributed by atoms with Crippen LogP contribution >= 0.6 is 47.2 Å². The lowest BCUT2D eigenvalue weighted by Gasteiger charge is -2.33. The third-order valence-corrected chi connectivity index (χ3v) is 15.7. The van der Waals surface area contributed by atoms with Crippen LogP contribution in [0.2, 0.25) is 15.1 Å². The van der Waals surface area contributed by atoms with Crippen molar-refractivity contribution in [1.82, 2.24) is 50.6 Å². The van der Waals surface area contributed by atoms with Gasteiger partial charge in [-0.1, -0.05) is 34.8 Å². The van der Waals surface area contributed by atoms with Crippen molar-refractivity contribution in [1.29, 1.82) is 0 Å². The van der Waals surface area contributed by atoms with Crippen LogP contribution < -0.4 is 47.3 Å². The standard InChI is InChI=1S/C24H36ClN5O6.C14H20ClN5O3.C13H18ClN3O3.ClH/c1-24(2,3)36-23(33)28-10-7-16(8-11-28)27-22(32)35-17-9-12-29(15-17)18-14-26-30(21(31)20(18)25)19-6-4-5-13-34-19;15-12-11(7-17-19-13(12)21)20-6-3-10(8-20)23-14(22)18-9-1-4-16-5-2-9;14-12-10(16-5-4-9(18)8-16)7-15-17(13(12)19)11-3-1-2-6-20-11;/h14,16-17,19H,4-13,15H2,1-3H3,(H,27,32);7,9-10,16H,1-6,8H2,(H,18,22)(H,19,21);7,9,11,18H,1-6,8H2;1H/t17-,19?;10-;9-,11?;/m111./s1. The molecule has 5 N–H and O–H groups in total. The van der Waals surface area contributed by atoms with Crippen molar-refractivity contribution in [2.45, 2.75) is 153 Å². The summed E-state index contributed by atoms with van der Waals surface area (Å²) in [5.74, 6) is 0. The molecule has 7 fully saturated rings. The van der Waals surface area contributed by atoms with Gasteiger partial charge in [0.1, 0.15) is 32.9 Å². The molecule has 0 spiro atoms. The number of piperidine rings is 2. The normalized spacial score (nSPS) is 23.7. The van der Waals surface area contributed by atoms with E-state index < -0.39 is 17.3 Å². The predicted molar refractivity (Wildman–Crippen MR) is 302 cm³/mol. The zero-order valence-electron chi connectivity index (χ0n) is 45.5. The van der Waals surface area contributed by atoms with E-state index in [1.165, 1.54) is 15.6 Å². The summed E-state index contributed by atoms with van der Waals surface area (Å²) in [4.78, 5) is 80.7. The number of H-pyrrole nitrogens is 1. The fourth-order valence-corrected chi connectivity index (χ4v) is 11.1. The summed E-state index contributed by atoms with van der Waals surface area (Å²) in [5, 5.41) is 33.6. The smallest absolute Gasteiger partial charge is 0.410 e. The number of aliphatic hydroxyl groups is 1. The molecular formula is C51H75Cl4N13O12. The molecule has 80 heavy (non-hydrogen) atoms. The van der Waals surface area contributed by atoms with Crippen LogP contribution in [0.4, 0.5) is 31.4 Å². The fraction of sp³-hybridized carbons (Fsp3) is 0.706. The number of ether oxygens (including phenoxy) is 5. The first-order valence-corrected chi connectivity index (χ1v) is 28.6. The number of nitrogens with zero attached hydrogens (tertiary/aromatic N) is 9. The summed E-state index contributed by atoms with van der Waals surface area (Å²) in [6, 6.07) is 0.106. The molecule has 25 nitrogen and oxygen atoms in total. The number of amides is 3. The van der Waals surface area contributed by atoms with Crippen LogP contribution in [0.1, 0.15) is 117 Å². The number of halogens is 4. The third kappa shape index (κ3) is 17.0. The Bertz CT molecular complexity index is 2730. The van der Waals surface area contributed by atoms with Crippen molar-refractivity contribution in [3.8, 4) is 0 Å². The minimum atomic E-state index is -0.536. The largest absolute Gasteiger partial charge is 0.444 e. The van der Waals surface area contributed by atoms with Crippen LogP contribution in [-0.2, 0) is 23.7 Å². The van der Waals surface area contributed by atoms with Crippen molar-refractivity contribution < 1.29 is 43.2 Å². The molecular weight excluding hydrogens is 1130 g/mol.